The van der Waals surface area contributed by atoms with E-state index < -0.39 is 32.2 Å². The number of aromatic nitrogens is 1. The second kappa shape index (κ2) is 6.36. The van der Waals surface area contributed by atoms with Crippen LogP contribution in [0.2, 0.25) is 5.02 Å². The van der Waals surface area contributed by atoms with Crippen LogP contribution in [0, 0.1) is 27.2 Å². The minimum absolute atomic E-state index is 0.218. The number of pyridine rings is 1. The van der Waals surface area contributed by atoms with Crippen molar-refractivity contribution in [3.05, 3.63) is 66.8 Å². The van der Waals surface area contributed by atoms with Gasteiger partial charge in [0.25, 0.3) is 17.3 Å². The van der Waals surface area contributed by atoms with E-state index in [1.807, 2.05) is 0 Å². The Morgan fingerprint density at radius 3 is 2.22 bits per heavy atom. The summed E-state index contributed by atoms with van der Waals surface area (Å²) in [6.07, 6.45) is 1.47. The van der Waals surface area contributed by atoms with Crippen LogP contribution in [0.25, 0.3) is 0 Å². The number of anilines is 1. The van der Waals surface area contributed by atoms with Crippen LogP contribution >= 0.6 is 11.6 Å². The average Bonchev–Trinajstić information content (AvgIpc) is 2.46. The highest BCUT2D eigenvalue weighted by atomic mass is 35.5. The molecule has 0 aliphatic heterocycles. The summed E-state index contributed by atoms with van der Waals surface area (Å²) in [5.74, 6) is -0.554. The number of rotatable bonds is 4. The second-order valence-electron chi connectivity index (χ2n) is 4.52. The highest BCUT2D eigenvalue weighted by molar-refractivity contribution is 6.35. The van der Waals surface area contributed by atoms with Gasteiger partial charge in [-0.3, -0.25) is 25.0 Å². The smallest absolute Gasteiger partial charge is 0.295 e. The molecule has 0 aliphatic rings. The molecule has 0 unspecified atom stereocenters. The number of amides is 1. The third-order valence-corrected chi connectivity index (χ3v) is 3.23. The molecule has 2 rings (SSSR count). The van der Waals surface area contributed by atoms with Crippen molar-refractivity contribution in [1.82, 2.24) is 4.98 Å². The molecule has 0 atom stereocenters. The van der Waals surface area contributed by atoms with Gasteiger partial charge < -0.3 is 5.32 Å². The lowest BCUT2D eigenvalue weighted by molar-refractivity contribution is -0.393. The van der Waals surface area contributed by atoms with E-state index in [-0.39, 0.29) is 11.4 Å². The molecule has 0 aliphatic carbocycles. The van der Waals surface area contributed by atoms with Gasteiger partial charge >= 0.3 is 0 Å². The summed E-state index contributed by atoms with van der Waals surface area (Å²) in [5.41, 5.74) is -0.870. The maximum Gasteiger partial charge on any atom is 0.295 e. The Morgan fingerprint density at radius 1 is 1.17 bits per heavy atom. The number of nitrogens with zero attached hydrogens (tertiary/aromatic N) is 3. The molecule has 9 nitrogen and oxygen atoms in total. The van der Waals surface area contributed by atoms with E-state index in [0.717, 1.165) is 17.7 Å². The summed E-state index contributed by atoms with van der Waals surface area (Å²) < 4.78 is 0. The summed E-state index contributed by atoms with van der Waals surface area (Å²) in [5, 5.41) is 23.6. The van der Waals surface area contributed by atoms with Gasteiger partial charge in [-0.1, -0.05) is 11.6 Å². The largest absolute Gasteiger partial charge is 0.307 e. The van der Waals surface area contributed by atoms with Crippen LogP contribution in [-0.4, -0.2) is 20.7 Å². The van der Waals surface area contributed by atoms with E-state index in [0.29, 0.717) is 0 Å². The van der Waals surface area contributed by atoms with Crippen LogP contribution in [0.1, 0.15) is 15.9 Å². The number of nitrogens with one attached hydrogen (secondary N) is 1. The van der Waals surface area contributed by atoms with Crippen molar-refractivity contribution in [2.45, 2.75) is 6.92 Å². The Morgan fingerprint density at radius 2 is 1.74 bits per heavy atom. The first kappa shape index (κ1) is 16.3. The van der Waals surface area contributed by atoms with E-state index in [9.17, 15) is 25.0 Å². The fourth-order valence-electron chi connectivity index (χ4n) is 1.78. The van der Waals surface area contributed by atoms with Gasteiger partial charge in [-0.25, -0.2) is 4.98 Å². The minimum Gasteiger partial charge on any atom is -0.307 e. The Bertz CT molecular complexity index is 789. The lowest BCUT2D eigenvalue weighted by Gasteiger charge is -2.06. The molecule has 2 aromatic rings. The maximum absolute atomic E-state index is 12.1. The number of carbonyl (C=O) groups excluding carboxylic acids is 1. The predicted molar refractivity (Wildman–Crippen MR) is 81.7 cm³/mol. The zero-order valence-electron chi connectivity index (χ0n) is 11.6. The van der Waals surface area contributed by atoms with Crippen molar-refractivity contribution in [3.63, 3.8) is 0 Å². The number of hydrogen-bond acceptors (Lipinski definition) is 6. The standard InChI is InChI=1S/C13H9ClN4O5/c1-7-2-3-15-11(4-7)16-13(19)8-5-9(17(20)21)12(14)10(6-8)18(22)23/h2-6H,1H3,(H,15,16,19). The third kappa shape index (κ3) is 3.58. The first-order valence-electron chi connectivity index (χ1n) is 6.16. The molecule has 0 radical (unpaired) electrons. The number of carbonyl (C=O) groups is 1. The van der Waals surface area contributed by atoms with Crippen LogP contribution < -0.4 is 5.32 Å². The minimum atomic E-state index is -0.892. The van der Waals surface area contributed by atoms with Crippen molar-refractivity contribution in [2.75, 3.05) is 5.32 Å². The second-order valence-corrected chi connectivity index (χ2v) is 4.89. The van der Waals surface area contributed by atoms with Gasteiger partial charge in [-0.2, -0.15) is 0 Å². The lowest BCUT2D eigenvalue weighted by atomic mass is 10.1. The molecular weight excluding hydrogens is 328 g/mol. The summed E-state index contributed by atoms with van der Waals surface area (Å²) in [6.45, 7) is 1.79. The fraction of sp³-hybridized carbons (Fsp3) is 0.0769. The molecule has 1 N–H and O–H groups in total. The van der Waals surface area contributed by atoms with Gasteiger partial charge in [0.15, 0.2) is 5.02 Å². The molecule has 1 amide bonds. The molecule has 1 heterocycles. The van der Waals surface area contributed by atoms with Crippen molar-refractivity contribution >= 4 is 34.7 Å². The first-order valence-corrected chi connectivity index (χ1v) is 6.53. The number of hydrogen-bond donors (Lipinski definition) is 1. The first-order chi connectivity index (χ1) is 10.8. The Kier molecular flexibility index (Phi) is 4.51. The summed E-state index contributed by atoms with van der Waals surface area (Å²) >= 11 is 5.63. The Balaban J connectivity index is 2.44. The van der Waals surface area contributed by atoms with Crippen LogP contribution in [0.5, 0.6) is 0 Å². The average molecular weight is 337 g/mol. The van der Waals surface area contributed by atoms with Gasteiger partial charge in [0, 0.05) is 18.3 Å². The van der Waals surface area contributed by atoms with Crippen LogP contribution in [-0.2, 0) is 0 Å². The van der Waals surface area contributed by atoms with Crippen LogP contribution in [0.3, 0.4) is 0 Å². The predicted octanol–water partition coefficient (Wildman–Crippen LogP) is 3.11. The highest BCUT2D eigenvalue weighted by Crippen LogP contribution is 2.35. The summed E-state index contributed by atoms with van der Waals surface area (Å²) in [6, 6.07) is 5.05. The highest BCUT2D eigenvalue weighted by Gasteiger charge is 2.27. The van der Waals surface area contributed by atoms with Crippen LogP contribution in [0.15, 0.2) is 30.5 Å². The topological polar surface area (TPSA) is 128 Å². The lowest BCUT2D eigenvalue weighted by Crippen LogP contribution is -2.14. The molecule has 0 saturated heterocycles. The molecular formula is C13H9ClN4O5. The Labute approximate surface area is 134 Å². The zero-order valence-corrected chi connectivity index (χ0v) is 12.4. The molecule has 1 aromatic carbocycles. The van der Waals surface area contributed by atoms with Crippen molar-refractivity contribution in [2.24, 2.45) is 0 Å². The fourth-order valence-corrected chi connectivity index (χ4v) is 2.03. The Hall–Kier alpha value is -3.07. The van der Waals surface area contributed by atoms with E-state index in [2.05, 4.69) is 10.3 Å². The van der Waals surface area contributed by atoms with Gasteiger partial charge in [-0.15, -0.1) is 0 Å². The monoisotopic (exact) mass is 336 g/mol. The number of nitro benzene ring substituents is 2. The number of halogens is 1. The van der Waals surface area contributed by atoms with Gasteiger partial charge in [0.2, 0.25) is 0 Å². The van der Waals surface area contributed by atoms with E-state index >= 15 is 0 Å². The van der Waals surface area contributed by atoms with Gasteiger partial charge in [-0.05, 0) is 24.6 Å². The summed E-state index contributed by atoms with van der Waals surface area (Å²) in [4.78, 5) is 36.1. The van der Waals surface area contributed by atoms with Crippen LogP contribution in [0.4, 0.5) is 17.2 Å². The molecule has 118 valence electrons. The molecule has 0 fully saturated rings. The molecule has 1 aromatic heterocycles. The van der Waals surface area contributed by atoms with E-state index in [1.165, 1.54) is 6.20 Å². The van der Waals surface area contributed by atoms with Crippen molar-refractivity contribution < 1.29 is 14.6 Å². The van der Waals surface area contributed by atoms with Crippen molar-refractivity contribution in [1.29, 1.82) is 0 Å². The SMILES string of the molecule is Cc1ccnc(NC(=O)c2cc([N+](=O)[O-])c(Cl)c([N+](=O)[O-])c2)c1. The summed E-state index contributed by atoms with van der Waals surface area (Å²) in [7, 11) is 0. The molecule has 0 saturated carbocycles. The molecule has 23 heavy (non-hydrogen) atoms. The quantitative estimate of drug-likeness (QED) is 0.674. The molecule has 10 heteroatoms. The van der Waals surface area contributed by atoms with E-state index in [4.69, 9.17) is 11.6 Å². The molecule has 0 bridgehead atoms. The third-order valence-electron chi connectivity index (χ3n) is 2.85. The van der Waals surface area contributed by atoms with Crippen molar-refractivity contribution in [3.8, 4) is 0 Å². The van der Waals surface area contributed by atoms with Gasteiger partial charge in [0.05, 0.1) is 15.4 Å². The number of nitro groups is 2. The number of aryl methyl sites for hydroxylation is 1. The number of benzene rings is 1. The molecule has 0 spiro atoms. The normalized spacial score (nSPS) is 10.2. The van der Waals surface area contributed by atoms with Gasteiger partial charge in [0.1, 0.15) is 5.82 Å². The maximum atomic E-state index is 12.1. The zero-order chi connectivity index (χ0) is 17.1. The van der Waals surface area contributed by atoms with E-state index in [1.54, 1.807) is 19.1 Å².